The lowest BCUT2D eigenvalue weighted by Crippen LogP contribution is -2.34. The number of nitrogens with one attached hydrogen (secondary N) is 1. The van der Waals surface area contributed by atoms with Crippen LogP contribution in [0, 0.1) is 10.1 Å². The molecule has 0 bridgehead atoms. The quantitative estimate of drug-likeness (QED) is 0.505. The van der Waals surface area contributed by atoms with Crippen LogP contribution in [-0.2, 0) is 4.79 Å². The molecule has 6 nitrogen and oxygen atoms in total. The van der Waals surface area contributed by atoms with Gasteiger partial charge in [0.2, 0.25) is 4.33 Å². The number of benzene rings is 1. The molecule has 0 unspecified atom stereocenters. The molecule has 0 aliphatic carbocycles. The summed E-state index contributed by atoms with van der Waals surface area (Å²) in [6, 6.07) is 5.56. The number of amides is 1. The molecule has 1 N–H and O–H groups in total. The summed E-state index contributed by atoms with van der Waals surface area (Å²) in [6.07, 6.45) is 0. The normalized spacial score (nSPS) is 17.5. The fraction of sp³-hybridized carbons (Fsp3) is 0.111. The molecule has 0 aromatic heterocycles. The van der Waals surface area contributed by atoms with Gasteiger partial charge < -0.3 is 0 Å². The highest BCUT2D eigenvalue weighted by molar-refractivity contribution is 6.70. The number of hydrogen-bond donors (Lipinski definition) is 1. The van der Waals surface area contributed by atoms with Crippen LogP contribution < -0.4 is 5.43 Å². The van der Waals surface area contributed by atoms with Gasteiger partial charge in [-0.15, -0.1) is 0 Å². The number of carbonyl (C=O) groups excluding carboxylic acids is 1. The molecule has 8 heteroatoms. The monoisotopic (exact) mass is 273 g/mol. The van der Waals surface area contributed by atoms with Gasteiger partial charge in [0.25, 0.3) is 11.6 Å². The van der Waals surface area contributed by atoms with Crippen molar-refractivity contribution in [1.29, 1.82) is 0 Å². The molecule has 1 aromatic rings. The zero-order valence-electron chi connectivity index (χ0n) is 8.18. The van der Waals surface area contributed by atoms with Gasteiger partial charge in [0.05, 0.1) is 4.92 Å². The molecule has 17 heavy (non-hydrogen) atoms. The Bertz CT molecular complexity index is 542. The van der Waals surface area contributed by atoms with E-state index < -0.39 is 15.2 Å². The highest BCUT2D eigenvalue weighted by atomic mass is 35.5. The van der Waals surface area contributed by atoms with Gasteiger partial charge in [-0.1, -0.05) is 35.3 Å². The van der Waals surface area contributed by atoms with E-state index in [2.05, 4.69) is 10.5 Å². The minimum atomic E-state index is -1.82. The third-order valence-electron chi connectivity index (χ3n) is 2.18. The van der Waals surface area contributed by atoms with E-state index in [4.69, 9.17) is 23.2 Å². The fourth-order valence-electron chi connectivity index (χ4n) is 1.37. The van der Waals surface area contributed by atoms with Crippen LogP contribution in [0.5, 0.6) is 0 Å². The lowest BCUT2D eigenvalue weighted by molar-refractivity contribution is -0.384. The topological polar surface area (TPSA) is 84.6 Å². The maximum atomic E-state index is 11.3. The van der Waals surface area contributed by atoms with Crippen molar-refractivity contribution in [1.82, 2.24) is 5.43 Å². The van der Waals surface area contributed by atoms with Gasteiger partial charge in [0.15, 0.2) is 0 Å². The Morgan fingerprint density at radius 3 is 2.65 bits per heavy atom. The summed E-state index contributed by atoms with van der Waals surface area (Å²) in [5.74, 6) is -0.678. The molecule has 1 aromatic carbocycles. The zero-order chi connectivity index (χ0) is 12.6. The van der Waals surface area contributed by atoms with Crippen molar-refractivity contribution in [3.63, 3.8) is 0 Å². The van der Waals surface area contributed by atoms with Gasteiger partial charge in [-0.3, -0.25) is 14.9 Å². The number of nitro benzene ring substituents is 1. The molecule has 88 valence electrons. The van der Waals surface area contributed by atoms with Crippen molar-refractivity contribution in [2.24, 2.45) is 5.10 Å². The molecule has 1 amide bonds. The van der Waals surface area contributed by atoms with Crippen LogP contribution in [-0.4, -0.2) is 20.9 Å². The van der Waals surface area contributed by atoms with Crippen LogP contribution in [0.3, 0.4) is 0 Å². The molecule has 1 heterocycles. The number of halogens is 2. The highest BCUT2D eigenvalue weighted by Gasteiger charge is 2.45. The molecule has 1 aliphatic rings. The fourth-order valence-corrected chi connectivity index (χ4v) is 1.75. The van der Waals surface area contributed by atoms with Crippen LogP contribution in [0.2, 0.25) is 0 Å². The van der Waals surface area contributed by atoms with Crippen molar-refractivity contribution in [2.45, 2.75) is 4.33 Å². The van der Waals surface area contributed by atoms with Crippen LogP contribution in [0.25, 0.3) is 0 Å². The lowest BCUT2D eigenvalue weighted by Gasteiger charge is -2.11. The van der Waals surface area contributed by atoms with Gasteiger partial charge in [0, 0.05) is 17.7 Å². The summed E-state index contributed by atoms with van der Waals surface area (Å²) < 4.78 is -1.82. The van der Waals surface area contributed by atoms with Gasteiger partial charge >= 0.3 is 0 Å². The number of alkyl halides is 2. The summed E-state index contributed by atoms with van der Waals surface area (Å²) in [5.41, 5.74) is 2.36. The Labute approximate surface area is 105 Å². The Kier molecular flexibility index (Phi) is 2.76. The first kappa shape index (κ1) is 11.8. The highest BCUT2D eigenvalue weighted by Crippen LogP contribution is 2.31. The van der Waals surface area contributed by atoms with Crippen LogP contribution in [0.4, 0.5) is 5.69 Å². The van der Waals surface area contributed by atoms with Crippen molar-refractivity contribution in [2.75, 3.05) is 0 Å². The summed E-state index contributed by atoms with van der Waals surface area (Å²) in [7, 11) is 0. The first-order valence-electron chi connectivity index (χ1n) is 4.44. The average Bonchev–Trinajstić information content (AvgIpc) is 2.54. The van der Waals surface area contributed by atoms with E-state index in [9.17, 15) is 14.9 Å². The molecular formula is C9H5Cl2N3O3. The van der Waals surface area contributed by atoms with Crippen molar-refractivity contribution >= 4 is 40.5 Å². The number of nitro groups is 1. The summed E-state index contributed by atoms with van der Waals surface area (Å²) in [4.78, 5) is 21.3. The van der Waals surface area contributed by atoms with Gasteiger partial charge in [0.1, 0.15) is 5.71 Å². The SMILES string of the molecule is O=C1NN=C(c2cccc([N+](=O)[O-])c2)C1(Cl)Cl. The molecule has 1 aliphatic heterocycles. The minimum absolute atomic E-state index is 0.0505. The maximum absolute atomic E-state index is 11.3. The van der Waals surface area contributed by atoms with Crippen molar-refractivity contribution in [3.05, 3.63) is 39.9 Å². The molecule has 2 rings (SSSR count). The van der Waals surface area contributed by atoms with Crippen LogP contribution in [0.15, 0.2) is 29.4 Å². The summed E-state index contributed by atoms with van der Waals surface area (Å²) in [6.45, 7) is 0. The van der Waals surface area contributed by atoms with Gasteiger partial charge in [-0.05, 0) is 0 Å². The zero-order valence-corrected chi connectivity index (χ0v) is 9.70. The Balaban J connectivity index is 2.46. The number of nitrogens with zero attached hydrogens (tertiary/aromatic N) is 2. The van der Waals surface area contributed by atoms with Gasteiger partial charge in [-0.25, -0.2) is 5.43 Å². The maximum Gasteiger partial charge on any atom is 0.282 e. The number of carbonyl (C=O) groups is 1. The Hall–Kier alpha value is -1.66. The largest absolute Gasteiger partial charge is 0.282 e. The molecule has 0 saturated carbocycles. The third kappa shape index (κ3) is 1.96. The summed E-state index contributed by atoms with van der Waals surface area (Å²) in [5, 5.41) is 14.3. The van der Waals surface area contributed by atoms with E-state index in [1.807, 2.05) is 0 Å². The predicted molar refractivity (Wildman–Crippen MR) is 62.2 cm³/mol. The molecule has 0 spiro atoms. The second-order valence-electron chi connectivity index (χ2n) is 3.28. The van der Waals surface area contributed by atoms with Crippen molar-refractivity contribution in [3.8, 4) is 0 Å². The third-order valence-corrected chi connectivity index (χ3v) is 2.88. The van der Waals surface area contributed by atoms with E-state index in [1.165, 1.54) is 24.3 Å². The predicted octanol–water partition coefficient (Wildman–Crippen LogP) is 1.60. The van der Waals surface area contributed by atoms with Gasteiger partial charge in [-0.2, -0.15) is 5.10 Å². The van der Waals surface area contributed by atoms with Crippen LogP contribution >= 0.6 is 23.2 Å². The standard InChI is InChI=1S/C9H5Cl2N3O3/c10-9(11)7(12-13-8(9)15)5-2-1-3-6(4-5)14(16)17/h1-4H,(H,13,15). The average molecular weight is 274 g/mol. The number of hydrazone groups is 1. The first-order chi connectivity index (χ1) is 7.93. The van der Waals surface area contributed by atoms with E-state index >= 15 is 0 Å². The molecule has 0 fully saturated rings. The Morgan fingerprint density at radius 2 is 2.12 bits per heavy atom. The van der Waals surface area contributed by atoms with Crippen molar-refractivity contribution < 1.29 is 9.72 Å². The number of non-ortho nitro benzene ring substituents is 1. The first-order valence-corrected chi connectivity index (χ1v) is 5.20. The second-order valence-corrected chi connectivity index (χ2v) is 4.61. The molecular weight excluding hydrogens is 269 g/mol. The smallest absolute Gasteiger partial charge is 0.269 e. The number of rotatable bonds is 2. The van der Waals surface area contributed by atoms with E-state index in [1.54, 1.807) is 0 Å². The molecule has 0 atom stereocenters. The van der Waals surface area contributed by atoms with E-state index in [0.29, 0.717) is 5.56 Å². The molecule has 0 radical (unpaired) electrons. The minimum Gasteiger partial charge on any atom is -0.269 e. The summed E-state index contributed by atoms with van der Waals surface area (Å²) >= 11 is 11.6. The molecule has 0 saturated heterocycles. The van der Waals surface area contributed by atoms with Crippen LogP contribution in [0.1, 0.15) is 5.56 Å². The Morgan fingerprint density at radius 1 is 1.41 bits per heavy atom. The lowest BCUT2D eigenvalue weighted by atomic mass is 10.1. The number of hydrogen-bond acceptors (Lipinski definition) is 4. The second kappa shape index (κ2) is 3.97. The van der Waals surface area contributed by atoms with E-state index in [-0.39, 0.29) is 11.4 Å². The van der Waals surface area contributed by atoms with E-state index in [0.717, 1.165) is 0 Å².